The molecule has 2 rings (SSSR count). The minimum atomic E-state index is 0.328. The molecule has 0 saturated heterocycles. The Morgan fingerprint density at radius 2 is 1.71 bits per heavy atom. The molecule has 0 aliphatic rings. The van der Waals surface area contributed by atoms with Crippen LogP contribution in [0.3, 0.4) is 0 Å². The Labute approximate surface area is 142 Å². The Hall–Kier alpha value is -2.73. The summed E-state index contributed by atoms with van der Waals surface area (Å²) in [5.41, 5.74) is 8.93. The Morgan fingerprint density at radius 1 is 1.00 bits per heavy atom. The van der Waals surface area contributed by atoms with E-state index in [0.717, 1.165) is 16.8 Å². The number of benzene rings is 2. The lowest BCUT2D eigenvalue weighted by molar-refractivity contribution is 0.184. The monoisotopic (exact) mass is 329 g/mol. The van der Waals surface area contributed by atoms with Crippen LogP contribution in [0, 0.1) is 0 Å². The standard InChI is InChI=1S/C18H23N3O3/c1-22-12-14-7-5-4-6-13(14)11-20-18(19)21-15-8-9-16(23-2)17(10-15)24-3/h4-10H,11-12H2,1-3H3,(H3,19,20,21). The van der Waals surface area contributed by atoms with Gasteiger partial charge in [-0.05, 0) is 23.3 Å². The van der Waals surface area contributed by atoms with Crippen LogP contribution >= 0.6 is 0 Å². The maximum atomic E-state index is 5.98. The fourth-order valence-electron chi connectivity index (χ4n) is 2.28. The molecule has 0 heterocycles. The third-order valence-corrected chi connectivity index (χ3v) is 3.49. The number of rotatable bonds is 7. The van der Waals surface area contributed by atoms with E-state index in [-0.39, 0.29) is 0 Å². The topological polar surface area (TPSA) is 78.1 Å². The molecule has 0 amide bonds. The predicted octanol–water partition coefficient (Wildman–Crippen LogP) is 2.78. The van der Waals surface area contributed by atoms with Gasteiger partial charge in [0.15, 0.2) is 17.5 Å². The van der Waals surface area contributed by atoms with Crippen LogP contribution in [0.4, 0.5) is 5.69 Å². The van der Waals surface area contributed by atoms with E-state index in [0.29, 0.717) is 30.6 Å². The molecule has 0 radical (unpaired) electrons. The van der Waals surface area contributed by atoms with Crippen molar-refractivity contribution in [1.29, 1.82) is 0 Å². The SMILES string of the molecule is COCc1ccccc1CN=C(N)Nc1ccc(OC)c(OC)c1. The molecule has 2 aromatic carbocycles. The maximum absolute atomic E-state index is 5.98. The van der Waals surface area contributed by atoms with Gasteiger partial charge in [-0.1, -0.05) is 24.3 Å². The number of ether oxygens (including phenoxy) is 3. The summed E-state index contributed by atoms with van der Waals surface area (Å²) in [4.78, 5) is 4.39. The van der Waals surface area contributed by atoms with Crippen molar-refractivity contribution >= 4 is 11.6 Å². The molecule has 0 atom stereocenters. The largest absolute Gasteiger partial charge is 0.493 e. The van der Waals surface area contributed by atoms with Crippen LogP contribution in [-0.4, -0.2) is 27.3 Å². The molecule has 0 fully saturated rings. The first-order valence-corrected chi connectivity index (χ1v) is 7.52. The van der Waals surface area contributed by atoms with Gasteiger partial charge in [-0.2, -0.15) is 0 Å². The van der Waals surface area contributed by atoms with Crippen LogP contribution in [0.15, 0.2) is 47.5 Å². The van der Waals surface area contributed by atoms with E-state index in [1.807, 2.05) is 36.4 Å². The molecule has 6 heteroatoms. The van der Waals surface area contributed by atoms with E-state index in [1.165, 1.54) is 0 Å². The number of nitrogens with two attached hydrogens (primary N) is 1. The van der Waals surface area contributed by atoms with Gasteiger partial charge in [-0.25, -0.2) is 4.99 Å². The molecule has 0 saturated carbocycles. The number of aliphatic imine (C=N–C) groups is 1. The molecule has 24 heavy (non-hydrogen) atoms. The summed E-state index contributed by atoms with van der Waals surface area (Å²) in [5.74, 6) is 1.61. The highest BCUT2D eigenvalue weighted by atomic mass is 16.5. The van der Waals surface area contributed by atoms with E-state index in [4.69, 9.17) is 19.9 Å². The molecular formula is C18H23N3O3. The molecule has 0 aromatic heterocycles. The highest BCUT2D eigenvalue weighted by Crippen LogP contribution is 2.29. The minimum Gasteiger partial charge on any atom is -0.493 e. The second-order valence-corrected chi connectivity index (χ2v) is 5.10. The van der Waals surface area contributed by atoms with Gasteiger partial charge in [0.2, 0.25) is 0 Å². The van der Waals surface area contributed by atoms with Crippen LogP contribution in [0.2, 0.25) is 0 Å². The van der Waals surface area contributed by atoms with Gasteiger partial charge in [0.1, 0.15) is 0 Å². The van der Waals surface area contributed by atoms with Crippen molar-refractivity contribution in [3.8, 4) is 11.5 Å². The summed E-state index contributed by atoms with van der Waals surface area (Å²) in [6.07, 6.45) is 0. The Bertz CT molecular complexity index is 702. The second kappa shape index (κ2) is 8.79. The average Bonchev–Trinajstić information content (AvgIpc) is 2.61. The number of anilines is 1. The number of hydrogen-bond acceptors (Lipinski definition) is 4. The summed E-state index contributed by atoms with van der Waals surface area (Å²) in [6.45, 7) is 1.03. The summed E-state index contributed by atoms with van der Waals surface area (Å²) in [5, 5.41) is 3.05. The molecule has 0 unspecified atom stereocenters. The Morgan fingerprint density at radius 3 is 2.38 bits per heavy atom. The van der Waals surface area contributed by atoms with E-state index < -0.39 is 0 Å². The van der Waals surface area contributed by atoms with Gasteiger partial charge in [0.25, 0.3) is 0 Å². The second-order valence-electron chi connectivity index (χ2n) is 5.10. The lowest BCUT2D eigenvalue weighted by Gasteiger charge is -2.11. The van der Waals surface area contributed by atoms with Crippen molar-refractivity contribution in [3.63, 3.8) is 0 Å². The zero-order chi connectivity index (χ0) is 17.4. The normalized spacial score (nSPS) is 11.2. The highest BCUT2D eigenvalue weighted by molar-refractivity contribution is 5.92. The number of nitrogens with zero attached hydrogens (tertiary/aromatic N) is 1. The lowest BCUT2D eigenvalue weighted by atomic mass is 10.1. The molecule has 128 valence electrons. The number of hydrogen-bond donors (Lipinski definition) is 2. The predicted molar refractivity (Wildman–Crippen MR) is 95.7 cm³/mol. The third kappa shape index (κ3) is 4.63. The molecule has 6 nitrogen and oxygen atoms in total. The molecule has 0 aliphatic heterocycles. The van der Waals surface area contributed by atoms with Crippen LogP contribution in [-0.2, 0) is 17.9 Å². The Balaban J connectivity index is 2.07. The number of methoxy groups -OCH3 is 3. The summed E-state index contributed by atoms with van der Waals surface area (Å²) in [7, 11) is 4.86. The quantitative estimate of drug-likeness (QED) is 0.603. The smallest absolute Gasteiger partial charge is 0.193 e. The molecule has 2 aromatic rings. The maximum Gasteiger partial charge on any atom is 0.193 e. The van der Waals surface area contributed by atoms with Gasteiger partial charge in [-0.3, -0.25) is 0 Å². The van der Waals surface area contributed by atoms with Crippen LogP contribution in [0.25, 0.3) is 0 Å². The van der Waals surface area contributed by atoms with E-state index >= 15 is 0 Å². The summed E-state index contributed by atoms with van der Waals surface area (Å²) < 4.78 is 15.7. The van der Waals surface area contributed by atoms with Crippen molar-refractivity contribution in [2.24, 2.45) is 10.7 Å². The first-order chi connectivity index (χ1) is 11.7. The number of guanidine groups is 1. The highest BCUT2D eigenvalue weighted by Gasteiger charge is 2.05. The van der Waals surface area contributed by atoms with Gasteiger partial charge >= 0.3 is 0 Å². The van der Waals surface area contributed by atoms with Crippen molar-refractivity contribution in [1.82, 2.24) is 0 Å². The van der Waals surface area contributed by atoms with Crippen molar-refractivity contribution in [2.75, 3.05) is 26.6 Å². The minimum absolute atomic E-state index is 0.328. The Kier molecular flexibility index (Phi) is 6.45. The van der Waals surface area contributed by atoms with Gasteiger partial charge in [0, 0.05) is 18.9 Å². The first kappa shape index (κ1) is 17.6. The van der Waals surface area contributed by atoms with Crippen molar-refractivity contribution < 1.29 is 14.2 Å². The fourth-order valence-corrected chi connectivity index (χ4v) is 2.28. The van der Waals surface area contributed by atoms with Crippen LogP contribution in [0.5, 0.6) is 11.5 Å². The summed E-state index contributed by atoms with van der Waals surface area (Å²) in [6, 6.07) is 13.5. The van der Waals surface area contributed by atoms with Gasteiger partial charge < -0.3 is 25.3 Å². The van der Waals surface area contributed by atoms with Gasteiger partial charge in [-0.15, -0.1) is 0 Å². The van der Waals surface area contributed by atoms with E-state index in [1.54, 1.807) is 27.4 Å². The molecule has 0 spiro atoms. The fraction of sp³-hybridized carbons (Fsp3) is 0.278. The van der Waals surface area contributed by atoms with Crippen LogP contribution in [0.1, 0.15) is 11.1 Å². The van der Waals surface area contributed by atoms with E-state index in [9.17, 15) is 0 Å². The zero-order valence-corrected chi connectivity index (χ0v) is 14.2. The molecule has 0 bridgehead atoms. The van der Waals surface area contributed by atoms with E-state index in [2.05, 4.69) is 10.3 Å². The number of nitrogens with one attached hydrogen (secondary N) is 1. The molecule has 3 N–H and O–H groups in total. The average molecular weight is 329 g/mol. The molecule has 0 aliphatic carbocycles. The summed E-state index contributed by atoms with van der Waals surface area (Å²) >= 11 is 0. The van der Waals surface area contributed by atoms with Crippen LogP contribution < -0.4 is 20.5 Å². The lowest BCUT2D eigenvalue weighted by Crippen LogP contribution is -2.22. The van der Waals surface area contributed by atoms with Crippen molar-refractivity contribution in [3.05, 3.63) is 53.6 Å². The first-order valence-electron chi connectivity index (χ1n) is 7.52. The zero-order valence-electron chi connectivity index (χ0n) is 14.2. The van der Waals surface area contributed by atoms with Gasteiger partial charge in [0.05, 0.1) is 27.4 Å². The van der Waals surface area contributed by atoms with Crippen molar-refractivity contribution in [2.45, 2.75) is 13.2 Å². The third-order valence-electron chi connectivity index (χ3n) is 3.49. The molecular weight excluding hydrogens is 306 g/mol.